The molecular weight excluding hydrogens is 432 g/mol. The number of carbonyl (C=O) groups excluding carboxylic acids is 1. The fourth-order valence-electron chi connectivity index (χ4n) is 2.86. The monoisotopic (exact) mass is 452 g/mol. The number of aromatic hydroxyl groups is 1. The van der Waals surface area contributed by atoms with Crippen LogP contribution in [0.3, 0.4) is 0 Å². The van der Waals surface area contributed by atoms with Crippen LogP contribution in [0.1, 0.15) is 11.1 Å². The molecule has 0 bridgehead atoms. The summed E-state index contributed by atoms with van der Waals surface area (Å²) in [7, 11) is 0. The Morgan fingerprint density at radius 3 is 3.06 bits per heavy atom. The lowest BCUT2D eigenvalue weighted by molar-refractivity contribution is -0.113. The fraction of sp³-hybridized carbons (Fsp3) is 0.143. The standard InChI is InChI=1S/C21H20N6O4S/c1-2-4-13-5-3-6-14(19(13)29)10-22-25-20-24-21(27-26-20)32-11-18(28)23-15-7-8-16-17(9-15)31-12-30-16/h2-3,5-10,29H,1,4,11-12H2,(H,23,28)(H2,24,25,26,27)/b22-10+. The number of hydrazone groups is 1. The molecule has 0 aliphatic carbocycles. The number of allylic oxidation sites excluding steroid dienone is 1. The summed E-state index contributed by atoms with van der Waals surface area (Å²) in [5.41, 5.74) is 4.66. The first kappa shape index (κ1) is 21.2. The van der Waals surface area contributed by atoms with Crippen molar-refractivity contribution in [1.82, 2.24) is 15.2 Å². The Kier molecular flexibility index (Phi) is 6.56. The average Bonchev–Trinajstić information content (AvgIpc) is 3.44. The summed E-state index contributed by atoms with van der Waals surface area (Å²) in [5, 5.41) is 24.2. The van der Waals surface area contributed by atoms with Gasteiger partial charge in [0.15, 0.2) is 11.5 Å². The summed E-state index contributed by atoms with van der Waals surface area (Å²) in [6.45, 7) is 3.85. The molecule has 0 unspecified atom stereocenters. The number of H-pyrrole nitrogens is 1. The zero-order valence-corrected chi connectivity index (χ0v) is 17.7. The van der Waals surface area contributed by atoms with E-state index >= 15 is 0 Å². The highest BCUT2D eigenvalue weighted by Crippen LogP contribution is 2.34. The quantitative estimate of drug-likeness (QED) is 0.168. The normalized spacial score (nSPS) is 12.1. The van der Waals surface area contributed by atoms with E-state index in [0.717, 1.165) is 5.56 Å². The maximum atomic E-state index is 12.2. The molecule has 10 nitrogen and oxygen atoms in total. The first-order valence-electron chi connectivity index (χ1n) is 9.58. The molecule has 2 aromatic carbocycles. The van der Waals surface area contributed by atoms with Gasteiger partial charge < -0.3 is 19.9 Å². The number of nitrogens with one attached hydrogen (secondary N) is 3. The average molecular weight is 452 g/mol. The number of benzene rings is 2. The van der Waals surface area contributed by atoms with Gasteiger partial charge in [0, 0.05) is 17.3 Å². The van der Waals surface area contributed by atoms with Gasteiger partial charge in [-0.15, -0.1) is 11.7 Å². The number of thioether (sulfide) groups is 1. The summed E-state index contributed by atoms with van der Waals surface area (Å²) < 4.78 is 10.5. The minimum absolute atomic E-state index is 0.124. The van der Waals surface area contributed by atoms with Crippen molar-refractivity contribution in [2.75, 3.05) is 23.3 Å². The molecule has 164 valence electrons. The molecule has 0 saturated carbocycles. The maximum Gasteiger partial charge on any atom is 0.240 e. The number of phenols is 1. The third-order valence-corrected chi connectivity index (χ3v) is 5.19. The van der Waals surface area contributed by atoms with E-state index in [1.54, 1.807) is 30.3 Å². The van der Waals surface area contributed by atoms with Crippen LogP contribution in [-0.2, 0) is 11.2 Å². The number of hydrogen-bond acceptors (Lipinski definition) is 9. The van der Waals surface area contributed by atoms with E-state index in [2.05, 4.69) is 37.6 Å². The van der Waals surface area contributed by atoms with E-state index in [-0.39, 0.29) is 24.2 Å². The Morgan fingerprint density at radius 1 is 1.31 bits per heavy atom. The van der Waals surface area contributed by atoms with E-state index in [0.29, 0.717) is 40.3 Å². The van der Waals surface area contributed by atoms with Crippen LogP contribution in [0, 0.1) is 0 Å². The number of aromatic nitrogens is 3. The first-order valence-corrected chi connectivity index (χ1v) is 10.6. The minimum Gasteiger partial charge on any atom is -0.507 e. The van der Waals surface area contributed by atoms with Crippen LogP contribution in [-0.4, -0.2) is 45.0 Å². The lowest BCUT2D eigenvalue weighted by Crippen LogP contribution is -2.14. The van der Waals surface area contributed by atoms with Gasteiger partial charge in [-0.1, -0.05) is 30.0 Å². The lowest BCUT2D eigenvalue weighted by atomic mass is 10.1. The van der Waals surface area contributed by atoms with Crippen molar-refractivity contribution < 1.29 is 19.4 Å². The molecule has 2 heterocycles. The molecule has 11 heteroatoms. The molecule has 1 aromatic heterocycles. The molecule has 1 aliphatic rings. The van der Waals surface area contributed by atoms with Crippen LogP contribution in [0.5, 0.6) is 17.2 Å². The van der Waals surface area contributed by atoms with Crippen molar-refractivity contribution in [2.45, 2.75) is 11.6 Å². The van der Waals surface area contributed by atoms with Gasteiger partial charge in [-0.25, -0.2) is 10.5 Å². The molecule has 4 rings (SSSR count). The number of rotatable bonds is 9. The number of aromatic amines is 1. The van der Waals surface area contributed by atoms with Crippen LogP contribution < -0.4 is 20.2 Å². The van der Waals surface area contributed by atoms with E-state index in [1.165, 1.54) is 18.0 Å². The van der Waals surface area contributed by atoms with Crippen molar-refractivity contribution in [3.8, 4) is 17.2 Å². The van der Waals surface area contributed by atoms with E-state index in [1.807, 2.05) is 12.1 Å². The summed E-state index contributed by atoms with van der Waals surface area (Å²) in [4.78, 5) is 16.4. The molecule has 0 saturated heterocycles. The predicted molar refractivity (Wildman–Crippen MR) is 122 cm³/mol. The Hall–Kier alpha value is -3.99. The summed E-state index contributed by atoms with van der Waals surface area (Å²) in [5.74, 6) is 1.63. The number of nitrogens with zero attached hydrogens (tertiary/aromatic N) is 3. The lowest BCUT2D eigenvalue weighted by Gasteiger charge is -2.05. The highest BCUT2D eigenvalue weighted by molar-refractivity contribution is 7.99. The number of phenolic OH excluding ortho intramolecular Hbond substituents is 1. The molecule has 4 N–H and O–H groups in total. The second-order valence-electron chi connectivity index (χ2n) is 6.59. The molecular formula is C21H20N6O4S. The van der Waals surface area contributed by atoms with Gasteiger partial charge in [0.25, 0.3) is 0 Å². The highest BCUT2D eigenvalue weighted by atomic mass is 32.2. The van der Waals surface area contributed by atoms with Gasteiger partial charge in [-0.2, -0.15) is 10.1 Å². The zero-order valence-electron chi connectivity index (χ0n) is 16.9. The van der Waals surface area contributed by atoms with Gasteiger partial charge in [-0.05, 0) is 30.2 Å². The van der Waals surface area contributed by atoms with Gasteiger partial charge in [0.1, 0.15) is 5.75 Å². The smallest absolute Gasteiger partial charge is 0.240 e. The summed E-state index contributed by atoms with van der Waals surface area (Å²) in [6, 6.07) is 10.6. The molecule has 0 atom stereocenters. The summed E-state index contributed by atoms with van der Waals surface area (Å²) >= 11 is 1.17. The Bertz CT molecular complexity index is 1160. The Morgan fingerprint density at radius 2 is 2.19 bits per heavy atom. The van der Waals surface area contributed by atoms with Crippen LogP contribution in [0.25, 0.3) is 0 Å². The Labute approximate surface area is 187 Å². The molecule has 0 spiro atoms. The molecule has 32 heavy (non-hydrogen) atoms. The minimum atomic E-state index is -0.207. The van der Waals surface area contributed by atoms with Gasteiger partial charge >= 0.3 is 0 Å². The largest absolute Gasteiger partial charge is 0.507 e. The number of para-hydroxylation sites is 1. The van der Waals surface area contributed by atoms with Crippen LogP contribution in [0.15, 0.2) is 59.3 Å². The van der Waals surface area contributed by atoms with E-state index in [9.17, 15) is 9.90 Å². The maximum absolute atomic E-state index is 12.2. The van der Waals surface area contributed by atoms with E-state index in [4.69, 9.17) is 9.47 Å². The molecule has 3 aromatic rings. The molecule has 1 amide bonds. The first-order chi connectivity index (χ1) is 15.6. The van der Waals surface area contributed by atoms with Gasteiger partial charge in [0.2, 0.25) is 23.8 Å². The highest BCUT2D eigenvalue weighted by Gasteiger charge is 2.14. The van der Waals surface area contributed by atoms with Crippen molar-refractivity contribution in [3.63, 3.8) is 0 Å². The van der Waals surface area contributed by atoms with Crippen LogP contribution in [0.4, 0.5) is 11.6 Å². The topological polar surface area (TPSA) is 134 Å². The van der Waals surface area contributed by atoms with Crippen molar-refractivity contribution in [2.24, 2.45) is 5.10 Å². The second kappa shape index (κ2) is 9.88. The number of ether oxygens (including phenoxy) is 2. The number of anilines is 2. The SMILES string of the molecule is C=CCc1cccc(/C=N/Nc2nc(SCC(=O)Nc3ccc4c(c3)OCO4)n[nH]2)c1O. The number of amides is 1. The number of hydrogen-bond donors (Lipinski definition) is 4. The second-order valence-corrected chi connectivity index (χ2v) is 7.53. The molecule has 0 radical (unpaired) electrons. The van der Waals surface area contributed by atoms with Gasteiger partial charge in [0.05, 0.1) is 12.0 Å². The van der Waals surface area contributed by atoms with Crippen molar-refractivity contribution in [3.05, 3.63) is 60.2 Å². The third kappa shape index (κ3) is 5.19. The fourth-order valence-corrected chi connectivity index (χ4v) is 3.46. The predicted octanol–water partition coefficient (Wildman–Crippen LogP) is 3.14. The number of carbonyl (C=O) groups is 1. The van der Waals surface area contributed by atoms with Gasteiger partial charge in [-0.3, -0.25) is 4.79 Å². The summed E-state index contributed by atoms with van der Waals surface area (Å²) in [6.07, 6.45) is 3.76. The zero-order chi connectivity index (χ0) is 22.3. The number of fused-ring (bicyclic) bond motifs is 1. The van der Waals surface area contributed by atoms with Crippen molar-refractivity contribution >= 4 is 35.5 Å². The van der Waals surface area contributed by atoms with Crippen molar-refractivity contribution in [1.29, 1.82) is 0 Å². The Balaban J connectivity index is 1.27. The molecule has 1 aliphatic heterocycles. The molecule has 0 fully saturated rings. The third-order valence-electron chi connectivity index (χ3n) is 4.34. The van der Waals surface area contributed by atoms with E-state index < -0.39 is 0 Å². The van der Waals surface area contributed by atoms with Crippen LogP contribution >= 0.6 is 11.8 Å². The van der Waals surface area contributed by atoms with Crippen LogP contribution in [0.2, 0.25) is 0 Å².